The van der Waals surface area contributed by atoms with Crippen LogP contribution in [-0.2, 0) is 16.1 Å². The minimum Gasteiger partial charge on any atom is -0.278 e. The maximum absolute atomic E-state index is 4.95. The van der Waals surface area contributed by atoms with E-state index in [1.54, 1.807) is 14.2 Å². The zero-order valence-electron chi connectivity index (χ0n) is 8.37. The van der Waals surface area contributed by atoms with Crippen LogP contribution in [0.5, 0.6) is 0 Å². The molecule has 0 aromatic heterocycles. The lowest BCUT2D eigenvalue weighted by Crippen LogP contribution is -2.23. The number of benzene rings is 1. The molecule has 4 heteroatoms. The molecule has 0 bridgehead atoms. The lowest BCUT2D eigenvalue weighted by Gasteiger charge is -2.15. The highest BCUT2D eigenvalue weighted by molar-refractivity contribution is 14.1. The predicted octanol–water partition coefficient (Wildman–Crippen LogP) is 2.26. The fourth-order valence-corrected chi connectivity index (χ4v) is 1.49. The van der Waals surface area contributed by atoms with Crippen molar-refractivity contribution in [2.45, 2.75) is 6.42 Å². The van der Waals surface area contributed by atoms with Gasteiger partial charge in [0.1, 0.15) is 0 Å². The number of rotatable bonds is 5. The van der Waals surface area contributed by atoms with Crippen LogP contribution in [0.1, 0.15) is 5.56 Å². The van der Waals surface area contributed by atoms with Crippen LogP contribution in [0.4, 0.5) is 0 Å². The minimum absolute atomic E-state index is 0.730. The van der Waals surface area contributed by atoms with Crippen molar-refractivity contribution in [3.8, 4) is 0 Å². The SMILES string of the molecule is CON(CCc1ccc(I)cc1)OC. The van der Waals surface area contributed by atoms with E-state index in [9.17, 15) is 0 Å². The highest BCUT2D eigenvalue weighted by atomic mass is 127. The van der Waals surface area contributed by atoms with Gasteiger partial charge in [0, 0.05) is 3.57 Å². The minimum atomic E-state index is 0.730. The van der Waals surface area contributed by atoms with Gasteiger partial charge in [-0.2, -0.15) is 0 Å². The van der Waals surface area contributed by atoms with E-state index in [1.807, 2.05) is 0 Å². The molecule has 0 saturated heterocycles. The van der Waals surface area contributed by atoms with Crippen molar-refractivity contribution >= 4 is 22.6 Å². The molecule has 0 aliphatic carbocycles. The van der Waals surface area contributed by atoms with Crippen molar-refractivity contribution in [2.75, 3.05) is 20.8 Å². The molecule has 78 valence electrons. The predicted molar refractivity (Wildman–Crippen MR) is 63.6 cm³/mol. The van der Waals surface area contributed by atoms with Crippen LogP contribution in [0.15, 0.2) is 24.3 Å². The standard InChI is InChI=1S/C10H14INO2/c1-13-12(14-2)8-7-9-3-5-10(11)6-4-9/h3-6H,7-8H2,1-2H3. The Hall–Kier alpha value is -0.170. The average Bonchev–Trinajstić information content (AvgIpc) is 2.22. The van der Waals surface area contributed by atoms with Crippen molar-refractivity contribution in [3.05, 3.63) is 33.4 Å². The number of hydrogen-bond donors (Lipinski definition) is 0. The molecule has 0 radical (unpaired) electrons. The molecule has 0 aliphatic heterocycles. The summed E-state index contributed by atoms with van der Waals surface area (Å²) >= 11 is 2.29. The summed E-state index contributed by atoms with van der Waals surface area (Å²) < 4.78 is 1.25. The highest BCUT2D eigenvalue weighted by Crippen LogP contribution is 2.07. The summed E-state index contributed by atoms with van der Waals surface area (Å²) in [5.41, 5.74) is 1.28. The second-order valence-corrected chi connectivity index (χ2v) is 4.04. The van der Waals surface area contributed by atoms with Crippen LogP contribution >= 0.6 is 22.6 Å². The Morgan fingerprint density at radius 2 is 1.71 bits per heavy atom. The summed E-state index contributed by atoms with van der Waals surface area (Å²) in [4.78, 5) is 9.91. The second-order valence-electron chi connectivity index (χ2n) is 2.80. The monoisotopic (exact) mass is 307 g/mol. The lowest BCUT2D eigenvalue weighted by molar-refractivity contribution is -0.341. The fraction of sp³-hybridized carbons (Fsp3) is 0.400. The van der Waals surface area contributed by atoms with Crippen molar-refractivity contribution in [3.63, 3.8) is 0 Å². The Bertz CT molecular complexity index is 259. The fourth-order valence-electron chi connectivity index (χ4n) is 1.13. The molecule has 0 unspecified atom stereocenters. The maximum Gasteiger partial charge on any atom is 0.0601 e. The van der Waals surface area contributed by atoms with Gasteiger partial charge in [0.05, 0.1) is 20.8 Å². The largest absolute Gasteiger partial charge is 0.278 e. The Balaban J connectivity index is 2.41. The smallest absolute Gasteiger partial charge is 0.0601 e. The molecule has 0 atom stereocenters. The molecule has 0 heterocycles. The van der Waals surface area contributed by atoms with Gasteiger partial charge in [-0.1, -0.05) is 17.4 Å². The third kappa shape index (κ3) is 3.91. The van der Waals surface area contributed by atoms with Crippen molar-refractivity contribution in [1.29, 1.82) is 0 Å². The highest BCUT2D eigenvalue weighted by Gasteiger charge is 2.01. The summed E-state index contributed by atoms with van der Waals surface area (Å²) in [6, 6.07) is 8.43. The van der Waals surface area contributed by atoms with E-state index in [-0.39, 0.29) is 0 Å². The third-order valence-electron chi connectivity index (χ3n) is 1.90. The Morgan fingerprint density at radius 3 is 2.21 bits per heavy atom. The number of halogens is 1. The molecular formula is C10H14INO2. The molecule has 3 nitrogen and oxygen atoms in total. The van der Waals surface area contributed by atoms with Gasteiger partial charge in [0.15, 0.2) is 0 Å². The summed E-state index contributed by atoms with van der Waals surface area (Å²) in [5, 5.41) is 1.46. The van der Waals surface area contributed by atoms with Crippen LogP contribution in [0.2, 0.25) is 0 Å². The van der Waals surface area contributed by atoms with Crippen LogP contribution in [-0.4, -0.2) is 26.0 Å². The molecule has 0 fully saturated rings. The average molecular weight is 307 g/mol. The summed E-state index contributed by atoms with van der Waals surface area (Å²) in [6.45, 7) is 0.730. The first-order chi connectivity index (χ1) is 6.76. The van der Waals surface area contributed by atoms with E-state index in [1.165, 1.54) is 14.4 Å². The molecule has 1 aromatic carbocycles. The zero-order valence-corrected chi connectivity index (χ0v) is 10.5. The quantitative estimate of drug-likeness (QED) is 0.615. The van der Waals surface area contributed by atoms with Gasteiger partial charge in [0.25, 0.3) is 0 Å². The Morgan fingerprint density at radius 1 is 1.14 bits per heavy atom. The van der Waals surface area contributed by atoms with E-state index in [2.05, 4.69) is 46.9 Å². The second kappa shape index (κ2) is 6.34. The Labute approximate surface area is 98.0 Å². The van der Waals surface area contributed by atoms with Crippen molar-refractivity contribution in [2.24, 2.45) is 0 Å². The number of nitrogens with zero attached hydrogens (tertiary/aromatic N) is 1. The van der Waals surface area contributed by atoms with E-state index >= 15 is 0 Å². The summed E-state index contributed by atoms with van der Waals surface area (Å²) in [5.74, 6) is 0. The van der Waals surface area contributed by atoms with Crippen LogP contribution < -0.4 is 0 Å². The molecule has 0 spiro atoms. The van der Waals surface area contributed by atoms with E-state index in [0.717, 1.165) is 13.0 Å². The lowest BCUT2D eigenvalue weighted by atomic mass is 10.2. The maximum atomic E-state index is 4.95. The van der Waals surface area contributed by atoms with Crippen molar-refractivity contribution < 1.29 is 9.68 Å². The first-order valence-corrected chi connectivity index (χ1v) is 5.44. The molecule has 14 heavy (non-hydrogen) atoms. The normalized spacial score (nSPS) is 10.9. The number of hydroxylamine groups is 2. The topological polar surface area (TPSA) is 21.7 Å². The molecular weight excluding hydrogens is 293 g/mol. The van der Waals surface area contributed by atoms with Crippen LogP contribution in [0.3, 0.4) is 0 Å². The van der Waals surface area contributed by atoms with Gasteiger partial charge in [-0.25, -0.2) is 0 Å². The van der Waals surface area contributed by atoms with E-state index in [0.29, 0.717) is 0 Å². The van der Waals surface area contributed by atoms with Gasteiger partial charge in [-0.05, 0) is 46.7 Å². The summed E-state index contributed by atoms with van der Waals surface area (Å²) in [7, 11) is 3.19. The van der Waals surface area contributed by atoms with Crippen molar-refractivity contribution in [1.82, 2.24) is 5.23 Å². The zero-order chi connectivity index (χ0) is 10.4. The van der Waals surface area contributed by atoms with Gasteiger partial charge < -0.3 is 0 Å². The molecule has 0 N–H and O–H groups in total. The first kappa shape index (κ1) is 11.9. The summed E-state index contributed by atoms with van der Waals surface area (Å²) in [6.07, 6.45) is 0.915. The van der Waals surface area contributed by atoms with E-state index < -0.39 is 0 Å². The van der Waals surface area contributed by atoms with E-state index in [4.69, 9.17) is 9.68 Å². The third-order valence-corrected chi connectivity index (χ3v) is 2.62. The Kier molecular flexibility index (Phi) is 5.39. The van der Waals surface area contributed by atoms with Gasteiger partial charge >= 0.3 is 0 Å². The van der Waals surface area contributed by atoms with Gasteiger partial charge in [-0.15, -0.1) is 0 Å². The molecule has 0 saturated carbocycles. The molecule has 0 aliphatic rings. The molecule has 0 amide bonds. The van der Waals surface area contributed by atoms with Gasteiger partial charge in [-0.3, -0.25) is 9.68 Å². The van der Waals surface area contributed by atoms with Crippen LogP contribution in [0, 0.1) is 3.57 Å². The van der Waals surface area contributed by atoms with Crippen LogP contribution in [0.25, 0.3) is 0 Å². The molecule has 1 aromatic rings. The molecule has 1 rings (SSSR count). The number of hydrogen-bond acceptors (Lipinski definition) is 3. The first-order valence-electron chi connectivity index (χ1n) is 4.36. The van der Waals surface area contributed by atoms with Gasteiger partial charge in [0.2, 0.25) is 0 Å².